The standard InChI is InChI=1S/C28H20F12N2O5/c1-3-42(23(45)14-7-4-5-9-16(14)26(32,33)34)17-10-6-8-15(21(17)46-2)22(44)41-20-18(43)11-13(12-19(20)47-24(29)30)25(31,27(35,36)37)28(38,39)40/h4-12,24,43H,3H2,1-2H3,(H,41,44). The van der Waals surface area contributed by atoms with Gasteiger partial charge in [0.25, 0.3) is 11.8 Å². The minimum atomic E-state index is -6.71. The van der Waals surface area contributed by atoms with Crippen molar-refractivity contribution >= 4 is 23.2 Å². The van der Waals surface area contributed by atoms with Gasteiger partial charge in [-0.05, 0) is 43.3 Å². The summed E-state index contributed by atoms with van der Waals surface area (Å²) in [5.41, 5.74) is -13.0. The molecule has 3 rings (SSSR count). The molecule has 0 bridgehead atoms. The molecule has 0 spiro atoms. The molecule has 2 N–H and O–H groups in total. The molecule has 0 aliphatic rings. The number of rotatable bonds is 9. The van der Waals surface area contributed by atoms with Crippen LogP contribution in [0.4, 0.5) is 64.1 Å². The summed E-state index contributed by atoms with van der Waals surface area (Å²) in [5.74, 6) is -6.70. The van der Waals surface area contributed by atoms with Crippen molar-refractivity contribution in [1.82, 2.24) is 0 Å². The van der Waals surface area contributed by atoms with Gasteiger partial charge in [-0.15, -0.1) is 0 Å². The van der Waals surface area contributed by atoms with Gasteiger partial charge in [-0.1, -0.05) is 18.2 Å². The second kappa shape index (κ2) is 13.1. The second-order valence-electron chi connectivity index (χ2n) is 9.31. The first-order valence-corrected chi connectivity index (χ1v) is 12.7. The van der Waals surface area contributed by atoms with Crippen LogP contribution in [0, 0.1) is 0 Å². The molecule has 0 saturated heterocycles. The normalized spacial score (nSPS) is 12.6. The van der Waals surface area contributed by atoms with E-state index in [1.54, 1.807) is 5.32 Å². The number of benzene rings is 3. The molecule has 0 heterocycles. The van der Waals surface area contributed by atoms with Crippen LogP contribution in [0.5, 0.6) is 17.2 Å². The Morgan fingerprint density at radius 3 is 1.96 bits per heavy atom. The van der Waals surface area contributed by atoms with Crippen molar-refractivity contribution in [2.24, 2.45) is 0 Å². The number of nitrogens with one attached hydrogen (secondary N) is 1. The summed E-state index contributed by atoms with van der Waals surface area (Å²) in [5, 5.41) is 12.0. The zero-order valence-corrected chi connectivity index (χ0v) is 23.5. The van der Waals surface area contributed by atoms with Crippen LogP contribution in [0.3, 0.4) is 0 Å². The fourth-order valence-corrected chi connectivity index (χ4v) is 4.40. The van der Waals surface area contributed by atoms with E-state index < -0.39 is 99.9 Å². The molecule has 19 heteroatoms. The van der Waals surface area contributed by atoms with E-state index in [0.717, 1.165) is 48.4 Å². The topological polar surface area (TPSA) is 88.1 Å². The zero-order chi connectivity index (χ0) is 35.7. The molecule has 0 fully saturated rings. The Bertz CT molecular complexity index is 1620. The molecular weight excluding hydrogens is 672 g/mol. The molecule has 0 radical (unpaired) electrons. The third-order valence-corrected chi connectivity index (χ3v) is 6.47. The van der Waals surface area contributed by atoms with Gasteiger partial charge in [-0.3, -0.25) is 9.59 Å². The molecule has 0 aromatic heterocycles. The molecule has 256 valence electrons. The van der Waals surface area contributed by atoms with Gasteiger partial charge in [0.2, 0.25) is 0 Å². The summed E-state index contributed by atoms with van der Waals surface area (Å²) in [6, 6.07) is 6.04. The first-order chi connectivity index (χ1) is 21.6. The van der Waals surface area contributed by atoms with Crippen molar-refractivity contribution in [2.45, 2.75) is 37.7 Å². The number of nitrogens with zero attached hydrogens (tertiary/aromatic N) is 1. The van der Waals surface area contributed by atoms with Crippen molar-refractivity contribution in [3.8, 4) is 17.2 Å². The maximum absolute atomic E-state index is 14.6. The van der Waals surface area contributed by atoms with Crippen LogP contribution in [-0.4, -0.2) is 49.5 Å². The van der Waals surface area contributed by atoms with Crippen LogP contribution in [-0.2, 0) is 11.8 Å². The molecule has 7 nitrogen and oxygen atoms in total. The number of hydrogen-bond donors (Lipinski definition) is 2. The third-order valence-electron chi connectivity index (χ3n) is 6.47. The predicted octanol–water partition coefficient (Wildman–Crippen LogP) is 8.23. The van der Waals surface area contributed by atoms with Gasteiger partial charge in [0.1, 0.15) is 11.4 Å². The second-order valence-corrected chi connectivity index (χ2v) is 9.31. The highest BCUT2D eigenvalue weighted by atomic mass is 19.4. The number of anilines is 2. The van der Waals surface area contributed by atoms with E-state index in [2.05, 4.69) is 4.74 Å². The molecule has 3 aromatic carbocycles. The van der Waals surface area contributed by atoms with Gasteiger partial charge in [0.05, 0.1) is 29.5 Å². The fraction of sp³-hybridized carbons (Fsp3) is 0.286. The third kappa shape index (κ3) is 7.12. The fourth-order valence-electron chi connectivity index (χ4n) is 4.40. The van der Waals surface area contributed by atoms with Gasteiger partial charge in [-0.2, -0.15) is 48.3 Å². The molecule has 3 aromatic rings. The highest BCUT2D eigenvalue weighted by molar-refractivity contribution is 6.12. The van der Waals surface area contributed by atoms with Crippen molar-refractivity contribution < 1.29 is 76.9 Å². The van der Waals surface area contributed by atoms with Crippen molar-refractivity contribution in [1.29, 1.82) is 0 Å². The summed E-state index contributed by atoms with van der Waals surface area (Å²) in [7, 11) is 0.949. The lowest BCUT2D eigenvalue weighted by atomic mass is 9.93. The van der Waals surface area contributed by atoms with E-state index in [-0.39, 0.29) is 12.2 Å². The van der Waals surface area contributed by atoms with E-state index in [9.17, 15) is 67.4 Å². The lowest BCUT2D eigenvalue weighted by molar-refractivity contribution is -0.348. The number of ether oxygens (including phenoxy) is 2. The molecule has 0 aliphatic carbocycles. The molecule has 0 atom stereocenters. The van der Waals surface area contributed by atoms with Crippen LogP contribution in [0.1, 0.15) is 38.8 Å². The number of halogens is 12. The summed E-state index contributed by atoms with van der Waals surface area (Å²) in [4.78, 5) is 27.3. The monoisotopic (exact) mass is 692 g/mol. The van der Waals surface area contributed by atoms with Crippen molar-refractivity contribution in [3.05, 3.63) is 76.9 Å². The smallest absolute Gasteiger partial charge is 0.435 e. The Morgan fingerprint density at radius 1 is 0.872 bits per heavy atom. The predicted molar refractivity (Wildman–Crippen MR) is 139 cm³/mol. The molecule has 0 unspecified atom stereocenters. The van der Waals surface area contributed by atoms with Gasteiger partial charge < -0.3 is 24.8 Å². The summed E-state index contributed by atoms with van der Waals surface area (Å²) in [6.45, 7) is -2.95. The number of carbonyl (C=O) groups is 2. The van der Waals surface area contributed by atoms with Crippen molar-refractivity contribution in [2.75, 3.05) is 23.9 Å². The number of hydrogen-bond acceptors (Lipinski definition) is 5. The van der Waals surface area contributed by atoms with Gasteiger partial charge in [0.15, 0.2) is 11.5 Å². The molecule has 47 heavy (non-hydrogen) atoms. The lowest BCUT2D eigenvalue weighted by Crippen LogP contribution is -2.50. The Hall–Kier alpha value is -4.84. The largest absolute Gasteiger partial charge is 0.506 e. The van der Waals surface area contributed by atoms with Crippen molar-refractivity contribution in [3.63, 3.8) is 0 Å². The van der Waals surface area contributed by atoms with E-state index in [1.165, 1.54) is 6.92 Å². The average Bonchev–Trinajstić information content (AvgIpc) is 2.96. The maximum Gasteiger partial charge on any atom is 0.435 e. The van der Waals surface area contributed by atoms with Crippen LogP contribution < -0.4 is 19.7 Å². The molecular formula is C28H20F12N2O5. The minimum absolute atomic E-state index is 0.314. The highest BCUT2D eigenvalue weighted by Crippen LogP contribution is 2.55. The summed E-state index contributed by atoms with van der Waals surface area (Å²) < 4.78 is 170. The molecule has 2 amide bonds. The number of aromatic hydroxyl groups is 1. The number of methoxy groups -OCH3 is 1. The van der Waals surface area contributed by atoms with Crippen LogP contribution in [0.2, 0.25) is 0 Å². The number of amides is 2. The Kier molecular flexibility index (Phi) is 10.2. The SMILES string of the molecule is CCN(C(=O)c1ccccc1C(F)(F)F)c1cccc(C(=O)Nc2c(O)cc(C(F)(C(F)(F)F)C(F)(F)F)cc2OC(F)F)c1OC. The zero-order valence-electron chi connectivity index (χ0n) is 23.5. The summed E-state index contributed by atoms with van der Waals surface area (Å²) in [6.07, 6.45) is -18.4. The lowest BCUT2D eigenvalue weighted by Gasteiger charge is -2.31. The molecule has 0 aliphatic heterocycles. The van der Waals surface area contributed by atoms with E-state index in [1.807, 2.05) is 0 Å². The van der Waals surface area contributed by atoms with Gasteiger partial charge in [0, 0.05) is 12.1 Å². The number of alkyl halides is 12. The van der Waals surface area contributed by atoms with Crippen LogP contribution in [0.25, 0.3) is 0 Å². The maximum atomic E-state index is 14.6. The van der Waals surface area contributed by atoms with E-state index in [0.29, 0.717) is 6.07 Å². The first kappa shape index (κ1) is 36.6. The highest BCUT2D eigenvalue weighted by Gasteiger charge is 2.73. The Morgan fingerprint density at radius 2 is 1.45 bits per heavy atom. The number of phenolic OH excluding ortho intramolecular Hbond substituents is 1. The minimum Gasteiger partial charge on any atom is -0.506 e. The Balaban J connectivity index is 2.14. The average molecular weight is 692 g/mol. The first-order valence-electron chi connectivity index (χ1n) is 12.7. The number of para-hydroxylation sites is 1. The van der Waals surface area contributed by atoms with Crippen LogP contribution >= 0.6 is 0 Å². The van der Waals surface area contributed by atoms with Gasteiger partial charge >= 0.3 is 30.8 Å². The van der Waals surface area contributed by atoms with E-state index in [4.69, 9.17) is 4.74 Å². The summed E-state index contributed by atoms with van der Waals surface area (Å²) >= 11 is 0. The molecule has 0 saturated carbocycles. The quantitative estimate of drug-likeness (QED) is 0.174. The van der Waals surface area contributed by atoms with E-state index >= 15 is 0 Å². The van der Waals surface area contributed by atoms with Gasteiger partial charge in [-0.25, -0.2) is 4.39 Å². The van der Waals surface area contributed by atoms with Crippen LogP contribution in [0.15, 0.2) is 54.6 Å². The number of phenols is 1. The number of carbonyl (C=O) groups excluding carboxylic acids is 2. The Labute approximate surface area is 256 Å².